The molecule has 0 aliphatic heterocycles. The van der Waals surface area contributed by atoms with Gasteiger partial charge in [-0.05, 0) is 30.7 Å². The van der Waals surface area contributed by atoms with Gasteiger partial charge in [0.15, 0.2) is 9.84 Å². The molecule has 0 saturated carbocycles. The van der Waals surface area contributed by atoms with E-state index in [4.69, 9.17) is 0 Å². The maximum absolute atomic E-state index is 11.8. The van der Waals surface area contributed by atoms with Crippen LogP contribution >= 0.6 is 0 Å². The molecule has 0 aliphatic rings. The lowest BCUT2D eigenvalue weighted by Gasteiger charge is -2.08. The van der Waals surface area contributed by atoms with Crippen LogP contribution in [0.3, 0.4) is 0 Å². The number of hydrogen-bond donors (Lipinski definition) is 1. The van der Waals surface area contributed by atoms with Crippen molar-refractivity contribution in [3.8, 4) is 0 Å². The number of benzene rings is 1. The van der Waals surface area contributed by atoms with Crippen LogP contribution in [0, 0.1) is 0 Å². The van der Waals surface area contributed by atoms with Crippen LogP contribution in [0.2, 0.25) is 0 Å². The number of hydrogen-bond acceptors (Lipinski definition) is 6. The van der Waals surface area contributed by atoms with Gasteiger partial charge < -0.3 is 4.74 Å². The number of methoxy groups -OCH3 is 1. The van der Waals surface area contributed by atoms with E-state index in [2.05, 4.69) is 9.46 Å². The van der Waals surface area contributed by atoms with Gasteiger partial charge in [-0.1, -0.05) is 0 Å². The first kappa shape index (κ1) is 17.4. The van der Waals surface area contributed by atoms with Crippen molar-refractivity contribution in [2.45, 2.75) is 17.7 Å². The van der Waals surface area contributed by atoms with E-state index in [0.717, 1.165) is 6.26 Å². The predicted octanol–water partition coefficient (Wildman–Crippen LogP) is 0.785. The Hall–Kier alpha value is -1.61. The van der Waals surface area contributed by atoms with Crippen LogP contribution in [0.4, 0.5) is 5.69 Å². The van der Waals surface area contributed by atoms with Crippen LogP contribution in [-0.2, 0) is 29.4 Å². The van der Waals surface area contributed by atoms with E-state index in [1.807, 2.05) is 0 Å². The molecule has 0 radical (unpaired) electrons. The maximum Gasteiger partial charge on any atom is 0.305 e. The molecule has 0 atom stereocenters. The molecule has 0 aromatic heterocycles. The number of carbonyl (C=O) groups excluding carboxylic acids is 1. The lowest BCUT2D eigenvalue weighted by atomic mass is 10.3. The molecular formula is C12H17NO6S2. The quantitative estimate of drug-likeness (QED) is 0.738. The van der Waals surface area contributed by atoms with E-state index in [-0.39, 0.29) is 29.2 Å². The molecule has 1 N–H and O–H groups in total. The Kier molecular flexibility index (Phi) is 5.73. The van der Waals surface area contributed by atoms with Gasteiger partial charge in [-0.3, -0.25) is 9.52 Å². The fourth-order valence-electron chi connectivity index (χ4n) is 1.51. The number of sulfonamides is 1. The van der Waals surface area contributed by atoms with Gasteiger partial charge in [-0.2, -0.15) is 0 Å². The number of anilines is 1. The number of carbonyl (C=O) groups is 1. The molecule has 0 unspecified atom stereocenters. The van der Waals surface area contributed by atoms with Gasteiger partial charge in [0, 0.05) is 18.4 Å². The van der Waals surface area contributed by atoms with Crippen LogP contribution < -0.4 is 4.72 Å². The molecule has 21 heavy (non-hydrogen) atoms. The third-order valence-corrected chi connectivity index (χ3v) is 5.08. The molecule has 0 bridgehead atoms. The van der Waals surface area contributed by atoms with Gasteiger partial charge in [0.05, 0.1) is 17.8 Å². The number of esters is 1. The summed E-state index contributed by atoms with van der Waals surface area (Å²) < 4.78 is 52.8. The monoisotopic (exact) mass is 335 g/mol. The first-order valence-electron chi connectivity index (χ1n) is 6.01. The van der Waals surface area contributed by atoms with Crippen molar-refractivity contribution in [2.75, 3.05) is 23.8 Å². The molecule has 118 valence electrons. The summed E-state index contributed by atoms with van der Waals surface area (Å²) >= 11 is 0. The lowest BCUT2D eigenvalue weighted by molar-refractivity contribution is -0.140. The second kappa shape index (κ2) is 6.90. The van der Waals surface area contributed by atoms with Crippen molar-refractivity contribution in [2.24, 2.45) is 0 Å². The third kappa shape index (κ3) is 6.13. The average Bonchev–Trinajstić information content (AvgIpc) is 2.37. The molecule has 0 heterocycles. The van der Waals surface area contributed by atoms with E-state index >= 15 is 0 Å². The van der Waals surface area contributed by atoms with Crippen LogP contribution in [0.15, 0.2) is 29.2 Å². The molecule has 0 fully saturated rings. The molecule has 0 spiro atoms. The van der Waals surface area contributed by atoms with E-state index in [9.17, 15) is 21.6 Å². The van der Waals surface area contributed by atoms with Crippen LogP contribution in [-0.4, -0.2) is 41.9 Å². The summed E-state index contributed by atoms with van der Waals surface area (Å²) in [6.07, 6.45) is 1.23. The minimum atomic E-state index is -3.59. The molecule has 9 heteroatoms. The van der Waals surface area contributed by atoms with Crippen molar-refractivity contribution < 1.29 is 26.4 Å². The number of sulfone groups is 1. The van der Waals surface area contributed by atoms with Crippen LogP contribution in [0.25, 0.3) is 0 Å². The topological polar surface area (TPSA) is 107 Å². The summed E-state index contributed by atoms with van der Waals surface area (Å²) in [5.41, 5.74) is 0.264. The van der Waals surface area contributed by atoms with Crippen molar-refractivity contribution in [1.29, 1.82) is 0 Å². The maximum atomic E-state index is 11.8. The number of nitrogens with one attached hydrogen (secondary N) is 1. The molecule has 1 aromatic rings. The van der Waals surface area contributed by atoms with Crippen LogP contribution in [0.1, 0.15) is 12.8 Å². The zero-order valence-corrected chi connectivity index (χ0v) is 13.3. The normalized spacial score (nSPS) is 11.9. The highest BCUT2D eigenvalue weighted by atomic mass is 32.2. The SMILES string of the molecule is COC(=O)CCCS(=O)(=O)Nc1ccc(S(C)(=O)=O)cc1. The van der Waals surface area contributed by atoms with Gasteiger partial charge >= 0.3 is 5.97 Å². The second-order valence-electron chi connectivity index (χ2n) is 4.40. The molecule has 0 saturated heterocycles. The third-order valence-electron chi connectivity index (χ3n) is 2.58. The summed E-state index contributed by atoms with van der Waals surface area (Å²) in [7, 11) is -5.68. The van der Waals surface area contributed by atoms with Crippen LogP contribution in [0.5, 0.6) is 0 Å². The Bertz CT molecular complexity index is 692. The van der Waals surface area contributed by atoms with E-state index in [1.54, 1.807) is 0 Å². The Morgan fingerprint density at radius 3 is 2.19 bits per heavy atom. The fraction of sp³-hybridized carbons (Fsp3) is 0.417. The largest absolute Gasteiger partial charge is 0.469 e. The zero-order chi connectivity index (χ0) is 16.1. The molecule has 0 aliphatic carbocycles. The molecule has 1 rings (SSSR count). The fourth-order valence-corrected chi connectivity index (χ4v) is 3.26. The summed E-state index contributed by atoms with van der Waals surface area (Å²) in [5, 5.41) is 0. The minimum absolute atomic E-state index is 0.0183. The zero-order valence-electron chi connectivity index (χ0n) is 11.7. The smallest absolute Gasteiger partial charge is 0.305 e. The van der Waals surface area contributed by atoms with Gasteiger partial charge in [0.2, 0.25) is 10.0 Å². The lowest BCUT2D eigenvalue weighted by Crippen LogP contribution is -2.17. The highest BCUT2D eigenvalue weighted by Gasteiger charge is 2.13. The highest BCUT2D eigenvalue weighted by Crippen LogP contribution is 2.15. The number of rotatable bonds is 7. The molecule has 7 nitrogen and oxygen atoms in total. The Labute approximate surface area is 124 Å². The van der Waals surface area contributed by atoms with E-state index in [0.29, 0.717) is 0 Å². The van der Waals surface area contributed by atoms with Gasteiger partial charge in [0.25, 0.3) is 0 Å². The van der Waals surface area contributed by atoms with E-state index < -0.39 is 25.8 Å². The average molecular weight is 335 g/mol. The van der Waals surface area contributed by atoms with Crippen molar-refractivity contribution in [3.63, 3.8) is 0 Å². The van der Waals surface area contributed by atoms with Crippen molar-refractivity contribution in [1.82, 2.24) is 0 Å². The minimum Gasteiger partial charge on any atom is -0.469 e. The second-order valence-corrected chi connectivity index (χ2v) is 8.25. The summed E-state index contributed by atoms with van der Waals surface area (Å²) in [5.74, 6) is -0.696. The van der Waals surface area contributed by atoms with E-state index in [1.165, 1.54) is 31.4 Å². The summed E-state index contributed by atoms with van der Waals surface area (Å²) in [6, 6.07) is 5.38. The van der Waals surface area contributed by atoms with Crippen molar-refractivity contribution in [3.05, 3.63) is 24.3 Å². The summed E-state index contributed by atoms with van der Waals surface area (Å²) in [6.45, 7) is 0. The Morgan fingerprint density at radius 1 is 1.14 bits per heavy atom. The van der Waals surface area contributed by atoms with Gasteiger partial charge in [0.1, 0.15) is 0 Å². The standard InChI is InChI=1S/C12H17NO6S2/c1-19-12(14)4-3-9-21(17,18)13-10-5-7-11(8-6-10)20(2,15)16/h5-8,13H,3-4,9H2,1-2H3. The first-order chi connectivity index (χ1) is 9.64. The summed E-state index contributed by atoms with van der Waals surface area (Å²) in [4.78, 5) is 11.0. The van der Waals surface area contributed by atoms with Gasteiger partial charge in [-0.25, -0.2) is 16.8 Å². The number of ether oxygens (including phenoxy) is 1. The predicted molar refractivity (Wildman–Crippen MR) is 78.2 cm³/mol. The highest BCUT2D eigenvalue weighted by molar-refractivity contribution is 7.92. The molecular weight excluding hydrogens is 318 g/mol. The Balaban J connectivity index is 2.65. The van der Waals surface area contributed by atoms with Gasteiger partial charge in [-0.15, -0.1) is 0 Å². The molecule has 0 amide bonds. The molecule has 1 aromatic carbocycles. The van der Waals surface area contributed by atoms with Crippen molar-refractivity contribution >= 4 is 31.5 Å². The first-order valence-corrected chi connectivity index (χ1v) is 9.56. The Morgan fingerprint density at radius 2 is 1.71 bits per heavy atom.